The number of para-hydroxylation sites is 2. The van der Waals surface area contributed by atoms with Crippen molar-refractivity contribution in [3.63, 3.8) is 0 Å². The maximum Gasteiger partial charge on any atom is 0.230 e. The van der Waals surface area contributed by atoms with Gasteiger partial charge in [0.05, 0.1) is 25.3 Å². The highest BCUT2D eigenvalue weighted by Crippen LogP contribution is 2.31. The van der Waals surface area contributed by atoms with Crippen LogP contribution >= 0.6 is 0 Å². The van der Waals surface area contributed by atoms with Crippen molar-refractivity contribution in [2.75, 3.05) is 17.2 Å². The fourth-order valence-electron chi connectivity index (χ4n) is 2.21. The molecule has 0 unspecified atom stereocenters. The molecular weight excluding hydrogens is 254 g/mol. The van der Waals surface area contributed by atoms with Crippen molar-refractivity contribution in [2.24, 2.45) is 0 Å². The predicted molar refractivity (Wildman–Crippen MR) is 76.4 cm³/mol. The summed E-state index contributed by atoms with van der Waals surface area (Å²) in [5, 5.41) is 0. The van der Waals surface area contributed by atoms with Gasteiger partial charge < -0.3 is 15.4 Å². The molecule has 1 aromatic heterocycles. The zero-order chi connectivity index (χ0) is 13.9. The summed E-state index contributed by atoms with van der Waals surface area (Å²) in [6.45, 7) is 0.874. The molecule has 0 atom stereocenters. The molecule has 5 nitrogen and oxygen atoms in total. The Morgan fingerprint density at radius 1 is 1.25 bits per heavy atom. The van der Waals surface area contributed by atoms with E-state index in [1.165, 1.54) is 0 Å². The number of pyridine rings is 1. The van der Waals surface area contributed by atoms with Crippen LogP contribution in [0.3, 0.4) is 0 Å². The number of nitrogens with zero attached hydrogens (tertiary/aromatic N) is 2. The van der Waals surface area contributed by atoms with Gasteiger partial charge in [-0.2, -0.15) is 0 Å². The van der Waals surface area contributed by atoms with E-state index >= 15 is 0 Å². The molecule has 2 N–H and O–H groups in total. The molecule has 1 amide bonds. The lowest BCUT2D eigenvalue weighted by Gasteiger charge is -2.21. The molecule has 0 radical (unpaired) electrons. The monoisotopic (exact) mass is 269 g/mol. The number of hydrogen-bond donors (Lipinski definition) is 1. The highest BCUT2D eigenvalue weighted by Gasteiger charge is 2.22. The van der Waals surface area contributed by atoms with Gasteiger partial charge >= 0.3 is 0 Å². The lowest BCUT2D eigenvalue weighted by Crippen LogP contribution is -2.29. The van der Waals surface area contributed by atoms with Gasteiger partial charge in [0.25, 0.3) is 0 Å². The smallest absolute Gasteiger partial charge is 0.230 e. The maximum absolute atomic E-state index is 12.2. The molecule has 1 aliphatic rings. The third-order valence-corrected chi connectivity index (χ3v) is 3.22. The summed E-state index contributed by atoms with van der Waals surface area (Å²) in [5.74, 6) is 1.26. The van der Waals surface area contributed by atoms with Crippen LogP contribution in [0.2, 0.25) is 0 Å². The molecule has 1 aromatic carbocycles. The first-order chi connectivity index (χ1) is 9.74. The third-order valence-electron chi connectivity index (χ3n) is 3.22. The Balaban J connectivity index is 1.94. The van der Waals surface area contributed by atoms with Crippen LogP contribution in [0.5, 0.6) is 5.75 Å². The van der Waals surface area contributed by atoms with Crippen LogP contribution in [-0.4, -0.2) is 17.5 Å². The number of amides is 1. The van der Waals surface area contributed by atoms with E-state index in [9.17, 15) is 4.79 Å². The summed E-state index contributed by atoms with van der Waals surface area (Å²) in [6.07, 6.45) is 2.06. The van der Waals surface area contributed by atoms with Crippen molar-refractivity contribution in [3.8, 4) is 5.75 Å². The molecule has 2 aromatic rings. The van der Waals surface area contributed by atoms with E-state index in [2.05, 4.69) is 4.98 Å². The van der Waals surface area contributed by atoms with Crippen molar-refractivity contribution < 1.29 is 9.53 Å². The van der Waals surface area contributed by atoms with E-state index in [0.717, 1.165) is 17.0 Å². The van der Waals surface area contributed by atoms with Gasteiger partial charge in [-0.15, -0.1) is 0 Å². The lowest BCUT2D eigenvalue weighted by molar-refractivity contribution is -0.118. The van der Waals surface area contributed by atoms with Crippen molar-refractivity contribution in [3.05, 3.63) is 48.2 Å². The molecule has 3 rings (SSSR count). The number of aromatic nitrogens is 1. The summed E-state index contributed by atoms with van der Waals surface area (Å²) in [5.41, 5.74) is 7.31. The molecule has 0 saturated carbocycles. The molecule has 2 heterocycles. The summed E-state index contributed by atoms with van der Waals surface area (Å²) in [7, 11) is 0. The first kappa shape index (κ1) is 12.5. The van der Waals surface area contributed by atoms with Crippen LogP contribution in [0.1, 0.15) is 12.0 Å². The van der Waals surface area contributed by atoms with Crippen molar-refractivity contribution in [1.29, 1.82) is 0 Å². The first-order valence-electron chi connectivity index (χ1n) is 6.46. The molecule has 0 aliphatic carbocycles. The van der Waals surface area contributed by atoms with Crippen molar-refractivity contribution in [2.45, 2.75) is 13.0 Å². The Labute approximate surface area is 117 Å². The number of fused-ring (bicyclic) bond motifs is 1. The number of rotatable bonds is 2. The fourth-order valence-corrected chi connectivity index (χ4v) is 2.21. The second-order valence-corrected chi connectivity index (χ2v) is 4.64. The zero-order valence-electron chi connectivity index (χ0n) is 11.0. The number of carbonyl (C=O) groups excluding carboxylic acids is 1. The van der Waals surface area contributed by atoms with Gasteiger partial charge in [-0.1, -0.05) is 18.2 Å². The van der Waals surface area contributed by atoms with Crippen molar-refractivity contribution >= 4 is 17.4 Å². The third kappa shape index (κ3) is 2.42. The topological polar surface area (TPSA) is 68.5 Å². The Bertz CT molecular complexity index is 625. The lowest BCUT2D eigenvalue weighted by atomic mass is 10.2. The van der Waals surface area contributed by atoms with E-state index in [0.29, 0.717) is 25.4 Å². The van der Waals surface area contributed by atoms with Gasteiger partial charge in [-0.25, -0.2) is 4.98 Å². The Morgan fingerprint density at radius 3 is 2.90 bits per heavy atom. The fraction of sp³-hybridized carbons (Fsp3) is 0.200. The summed E-state index contributed by atoms with van der Waals surface area (Å²) < 4.78 is 5.61. The molecule has 5 heteroatoms. The Kier molecular flexibility index (Phi) is 3.25. The van der Waals surface area contributed by atoms with E-state index in [1.807, 2.05) is 30.3 Å². The quantitative estimate of drug-likeness (QED) is 0.905. The molecule has 102 valence electrons. The SMILES string of the molecule is Nc1ccc(CN2C(=O)CCOc3ccccc32)cn1. The highest BCUT2D eigenvalue weighted by molar-refractivity contribution is 5.95. The van der Waals surface area contributed by atoms with E-state index in [1.54, 1.807) is 17.2 Å². The van der Waals surface area contributed by atoms with Crippen LogP contribution in [0.4, 0.5) is 11.5 Å². The van der Waals surface area contributed by atoms with Gasteiger partial charge in [0.2, 0.25) is 5.91 Å². The molecule has 0 fully saturated rings. The second-order valence-electron chi connectivity index (χ2n) is 4.64. The number of ether oxygens (including phenoxy) is 1. The number of nitrogens with two attached hydrogens (primary N) is 1. The Morgan fingerprint density at radius 2 is 2.10 bits per heavy atom. The van der Waals surface area contributed by atoms with Crippen LogP contribution < -0.4 is 15.4 Å². The molecule has 0 saturated heterocycles. The zero-order valence-corrected chi connectivity index (χ0v) is 11.0. The van der Waals surface area contributed by atoms with Crippen LogP contribution in [-0.2, 0) is 11.3 Å². The summed E-state index contributed by atoms with van der Waals surface area (Å²) in [4.78, 5) is 18.0. The normalized spacial score (nSPS) is 14.4. The average molecular weight is 269 g/mol. The molecule has 1 aliphatic heterocycles. The highest BCUT2D eigenvalue weighted by atomic mass is 16.5. The van der Waals surface area contributed by atoms with Crippen LogP contribution in [0.15, 0.2) is 42.6 Å². The number of anilines is 2. The number of nitrogen functional groups attached to an aromatic ring is 1. The van der Waals surface area contributed by atoms with Crippen LogP contribution in [0.25, 0.3) is 0 Å². The molecule has 0 bridgehead atoms. The maximum atomic E-state index is 12.2. The standard InChI is InChI=1S/C15H15N3O2/c16-14-6-5-11(9-17-14)10-18-12-3-1-2-4-13(12)20-8-7-15(18)19/h1-6,9H,7-8,10H2,(H2,16,17). The molecule has 20 heavy (non-hydrogen) atoms. The van der Waals surface area contributed by atoms with E-state index < -0.39 is 0 Å². The number of benzene rings is 1. The molecule has 0 spiro atoms. The molecular formula is C15H15N3O2. The Hall–Kier alpha value is -2.56. The predicted octanol–water partition coefficient (Wildman–Crippen LogP) is 1.98. The average Bonchev–Trinajstić information content (AvgIpc) is 2.62. The van der Waals surface area contributed by atoms with Crippen molar-refractivity contribution in [1.82, 2.24) is 4.98 Å². The minimum absolute atomic E-state index is 0.0479. The number of hydrogen-bond acceptors (Lipinski definition) is 4. The van der Waals surface area contributed by atoms with Gasteiger partial charge in [0, 0.05) is 6.20 Å². The minimum atomic E-state index is 0.0479. The number of carbonyl (C=O) groups is 1. The van der Waals surface area contributed by atoms with Crippen LogP contribution in [0, 0.1) is 0 Å². The minimum Gasteiger partial charge on any atom is -0.491 e. The largest absolute Gasteiger partial charge is 0.491 e. The van der Waals surface area contributed by atoms with Gasteiger partial charge in [-0.3, -0.25) is 4.79 Å². The first-order valence-corrected chi connectivity index (χ1v) is 6.46. The van der Waals surface area contributed by atoms with Gasteiger partial charge in [-0.05, 0) is 23.8 Å². The summed E-state index contributed by atoms with van der Waals surface area (Å²) in [6, 6.07) is 11.2. The van der Waals surface area contributed by atoms with Gasteiger partial charge in [0.1, 0.15) is 11.6 Å². The summed E-state index contributed by atoms with van der Waals surface area (Å²) >= 11 is 0. The van der Waals surface area contributed by atoms with E-state index in [-0.39, 0.29) is 5.91 Å². The van der Waals surface area contributed by atoms with Gasteiger partial charge in [0.15, 0.2) is 0 Å². The van der Waals surface area contributed by atoms with E-state index in [4.69, 9.17) is 10.5 Å². The second kappa shape index (κ2) is 5.21.